The number of carbonyl (C=O) groups excluding carboxylic acids is 2. The smallest absolute Gasteiger partial charge is 0.272 e. The van der Waals surface area contributed by atoms with Gasteiger partial charge >= 0.3 is 0 Å². The minimum absolute atomic E-state index is 0.214. The molecule has 2 aromatic carbocycles. The highest BCUT2D eigenvalue weighted by Gasteiger charge is 2.26. The summed E-state index contributed by atoms with van der Waals surface area (Å²) in [7, 11) is 0. The van der Waals surface area contributed by atoms with Crippen LogP contribution in [0.3, 0.4) is 0 Å². The van der Waals surface area contributed by atoms with Gasteiger partial charge in [0.25, 0.3) is 5.91 Å². The van der Waals surface area contributed by atoms with Crippen molar-refractivity contribution in [3.63, 3.8) is 0 Å². The summed E-state index contributed by atoms with van der Waals surface area (Å²) in [5.74, 6) is -0.961. The third-order valence-corrected chi connectivity index (χ3v) is 4.72. The van der Waals surface area contributed by atoms with Crippen LogP contribution in [0.4, 0.5) is 10.1 Å². The largest absolute Gasteiger partial charge is 0.339 e. The molecule has 28 heavy (non-hydrogen) atoms. The summed E-state index contributed by atoms with van der Waals surface area (Å²) >= 11 is 0. The highest BCUT2D eigenvalue weighted by atomic mass is 19.1. The zero-order chi connectivity index (χ0) is 19.5. The van der Waals surface area contributed by atoms with Crippen LogP contribution in [0.1, 0.15) is 28.0 Å². The van der Waals surface area contributed by atoms with E-state index in [0.29, 0.717) is 19.4 Å². The minimum atomic E-state index is -0.631. The highest BCUT2D eigenvalue weighted by Crippen LogP contribution is 2.21. The van der Waals surface area contributed by atoms with Crippen molar-refractivity contribution in [3.05, 3.63) is 83.7 Å². The first kappa shape index (κ1) is 17.9. The second kappa shape index (κ2) is 7.64. The van der Waals surface area contributed by atoms with Crippen molar-refractivity contribution in [2.45, 2.75) is 25.4 Å². The van der Waals surface area contributed by atoms with E-state index in [9.17, 15) is 14.0 Å². The molecule has 1 aliphatic heterocycles. The second-order valence-corrected chi connectivity index (χ2v) is 6.77. The summed E-state index contributed by atoms with van der Waals surface area (Å²) in [6.45, 7) is 0.400. The van der Waals surface area contributed by atoms with Gasteiger partial charge in [-0.05, 0) is 42.2 Å². The summed E-state index contributed by atoms with van der Waals surface area (Å²) in [4.78, 5) is 29.1. The fourth-order valence-electron chi connectivity index (χ4n) is 3.29. The lowest BCUT2D eigenvalue weighted by atomic mass is 10.1. The molecule has 1 aromatic heterocycles. The summed E-state index contributed by atoms with van der Waals surface area (Å²) < 4.78 is 15.0. The van der Waals surface area contributed by atoms with Crippen LogP contribution in [0, 0.1) is 5.82 Å². The first-order valence-corrected chi connectivity index (χ1v) is 9.04. The van der Waals surface area contributed by atoms with E-state index >= 15 is 0 Å². The van der Waals surface area contributed by atoms with Crippen LogP contribution in [0.2, 0.25) is 0 Å². The molecule has 0 fully saturated rings. The molecular weight excluding hydrogens is 359 g/mol. The number of carbonyl (C=O) groups is 2. The number of fused-ring (bicyclic) bond motifs is 1. The van der Waals surface area contributed by atoms with E-state index in [1.807, 2.05) is 24.3 Å². The Labute approximate surface area is 161 Å². The lowest BCUT2D eigenvalue weighted by Gasteiger charge is -2.14. The number of aromatic nitrogens is 2. The Morgan fingerprint density at radius 1 is 1.25 bits per heavy atom. The van der Waals surface area contributed by atoms with Crippen LogP contribution in [0.5, 0.6) is 0 Å². The van der Waals surface area contributed by atoms with Gasteiger partial charge in [0.15, 0.2) is 0 Å². The van der Waals surface area contributed by atoms with Gasteiger partial charge in [-0.15, -0.1) is 0 Å². The molecule has 4 rings (SSSR count). The fourth-order valence-corrected chi connectivity index (χ4v) is 3.29. The zero-order valence-electron chi connectivity index (χ0n) is 15.1. The number of hydrogen-bond acceptors (Lipinski definition) is 3. The van der Waals surface area contributed by atoms with Crippen LogP contribution in [-0.4, -0.2) is 27.4 Å². The van der Waals surface area contributed by atoms with Crippen LogP contribution < -0.4 is 10.6 Å². The number of hydrogen-bond donors (Lipinski definition) is 2. The maximum absolute atomic E-state index is 13.3. The number of nitrogens with zero attached hydrogens (tertiary/aromatic N) is 2. The van der Waals surface area contributed by atoms with Gasteiger partial charge in [0, 0.05) is 18.4 Å². The third kappa shape index (κ3) is 3.93. The molecule has 0 spiro atoms. The van der Waals surface area contributed by atoms with Crippen molar-refractivity contribution < 1.29 is 14.0 Å². The first-order valence-electron chi connectivity index (χ1n) is 9.04. The normalized spacial score (nSPS) is 16.0. The average Bonchev–Trinajstić information content (AvgIpc) is 3.08. The second-order valence-electron chi connectivity index (χ2n) is 6.77. The summed E-state index contributed by atoms with van der Waals surface area (Å²) in [5, 5.41) is 5.62. The number of halogens is 1. The summed E-state index contributed by atoms with van der Waals surface area (Å²) in [5.41, 5.74) is 2.81. The quantitative estimate of drug-likeness (QED) is 0.733. The van der Waals surface area contributed by atoms with Gasteiger partial charge in [0.2, 0.25) is 5.91 Å². The molecule has 3 aromatic rings. The minimum Gasteiger partial charge on any atom is -0.339 e. The first-order chi connectivity index (χ1) is 13.6. The number of rotatable bonds is 4. The number of benzene rings is 2. The molecule has 0 saturated carbocycles. The van der Waals surface area contributed by atoms with Crippen molar-refractivity contribution >= 4 is 17.5 Å². The Hall–Kier alpha value is -3.48. The molecule has 0 unspecified atom stereocenters. The number of amides is 2. The number of anilines is 1. The molecule has 0 radical (unpaired) electrons. The SMILES string of the molecule is O=C(N[C@H]1CCc2ccccc2NC1=O)c1cn(Cc2cccc(F)c2)cn1. The van der Waals surface area contributed by atoms with Crippen molar-refractivity contribution in [1.29, 1.82) is 0 Å². The molecule has 0 aliphatic carbocycles. The summed E-state index contributed by atoms with van der Waals surface area (Å²) in [6.07, 6.45) is 4.30. The fraction of sp³-hybridized carbons (Fsp3) is 0.190. The van der Waals surface area contributed by atoms with Crippen molar-refractivity contribution in [2.75, 3.05) is 5.32 Å². The molecule has 1 atom stereocenters. The molecule has 2 heterocycles. The predicted molar refractivity (Wildman–Crippen MR) is 102 cm³/mol. The predicted octanol–water partition coefficient (Wildman–Crippen LogP) is 2.75. The van der Waals surface area contributed by atoms with E-state index in [2.05, 4.69) is 15.6 Å². The van der Waals surface area contributed by atoms with Crippen molar-refractivity contribution in [1.82, 2.24) is 14.9 Å². The van der Waals surface area contributed by atoms with Crippen molar-refractivity contribution in [2.24, 2.45) is 0 Å². The van der Waals surface area contributed by atoms with Gasteiger partial charge < -0.3 is 15.2 Å². The number of para-hydroxylation sites is 1. The maximum Gasteiger partial charge on any atom is 0.272 e. The van der Waals surface area contributed by atoms with Crippen molar-refractivity contribution in [3.8, 4) is 0 Å². The van der Waals surface area contributed by atoms with Gasteiger partial charge in [-0.3, -0.25) is 9.59 Å². The lowest BCUT2D eigenvalue weighted by Crippen LogP contribution is -2.43. The Morgan fingerprint density at radius 2 is 2.11 bits per heavy atom. The standard InChI is InChI=1S/C21H19FN4O2/c22-16-6-3-4-14(10-16)11-26-12-19(23-13-26)21(28)25-18-9-8-15-5-1-2-7-17(15)24-20(18)27/h1-7,10,12-13,18H,8-9,11H2,(H,24,27)(H,25,28)/t18-/m0/s1. The molecule has 2 amide bonds. The lowest BCUT2D eigenvalue weighted by molar-refractivity contribution is -0.118. The van der Waals surface area contributed by atoms with Gasteiger partial charge in [-0.2, -0.15) is 0 Å². The number of imidazole rings is 1. The number of nitrogens with one attached hydrogen (secondary N) is 2. The zero-order valence-corrected chi connectivity index (χ0v) is 15.1. The van der Waals surface area contributed by atoms with E-state index in [4.69, 9.17) is 0 Å². The average molecular weight is 378 g/mol. The van der Waals surface area contributed by atoms with Crippen LogP contribution in [0.15, 0.2) is 61.1 Å². The van der Waals surface area contributed by atoms with Crippen LogP contribution in [-0.2, 0) is 17.8 Å². The maximum atomic E-state index is 13.3. The van der Waals surface area contributed by atoms with E-state index in [1.54, 1.807) is 22.9 Å². The molecule has 0 saturated heterocycles. The Morgan fingerprint density at radius 3 is 2.96 bits per heavy atom. The Balaban J connectivity index is 1.41. The molecule has 0 bridgehead atoms. The van der Waals surface area contributed by atoms with E-state index < -0.39 is 11.9 Å². The molecule has 142 valence electrons. The summed E-state index contributed by atoms with van der Waals surface area (Å²) in [6, 6.07) is 13.2. The topological polar surface area (TPSA) is 76.0 Å². The van der Waals surface area contributed by atoms with Gasteiger partial charge in [-0.25, -0.2) is 9.37 Å². The molecule has 2 N–H and O–H groups in total. The van der Waals surface area contributed by atoms with E-state index in [0.717, 1.165) is 16.8 Å². The molecule has 6 nitrogen and oxygen atoms in total. The molecule has 1 aliphatic rings. The Bertz CT molecular complexity index is 1030. The van der Waals surface area contributed by atoms with Crippen LogP contribution >= 0.6 is 0 Å². The molecular formula is C21H19FN4O2. The number of aryl methyl sites for hydroxylation is 1. The Kier molecular flexibility index (Phi) is 4.89. The van der Waals surface area contributed by atoms with E-state index in [1.165, 1.54) is 18.5 Å². The van der Waals surface area contributed by atoms with Crippen LogP contribution in [0.25, 0.3) is 0 Å². The van der Waals surface area contributed by atoms with E-state index in [-0.39, 0.29) is 17.4 Å². The van der Waals surface area contributed by atoms with Gasteiger partial charge in [0.05, 0.1) is 6.33 Å². The third-order valence-electron chi connectivity index (χ3n) is 4.72. The van der Waals surface area contributed by atoms with Gasteiger partial charge in [0.1, 0.15) is 17.6 Å². The van der Waals surface area contributed by atoms with Gasteiger partial charge in [-0.1, -0.05) is 30.3 Å². The molecule has 7 heteroatoms. The monoisotopic (exact) mass is 378 g/mol. The highest BCUT2D eigenvalue weighted by molar-refractivity contribution is 6.01.